The van der Waals surface area contributed by atoms with Gasteiger partial charge in [-0.15, -0.1) is 0 Å². The van der Waals surface area contributed by atoms with E-state index >= 15 is 0 Å². The average molecular weight is 447 g/mol. The van der Waals surface area contributed by atoms with E-state index in [1.54, 1.807) is 20.4 Å². The molecule has 7 heteroatoms. The lowest BCUT2D eigenvalue weighted by Crippen LogP contribution is -2.25. The van der Waals surface area contributed by atoms with Crippen molar-refractivity contribution in [2.75, 3.05) is 27.3 Å². The second-order valence-electron chi connectivity index (χ2n) is 8.33. The van der Waals surface area contributed by atoms with Crippen molar-refractivity contribution in [3.8, 4) is 11.5 Å². The van der Waals surface area contributed by atoms with Gasteiger partial charge in [0.1, 0.15) is 17.3 Å². The van der Waals surface area contributed by atoms with Gasteiger partial charge in [0, 0.05) is 31.7 Å². The van der Waals surface area contributed by atoms with Crippen molar-refractivity contribution in [3.63, 3.8) is 0 Å². The third-order valence-corrected chi connectivity index (χ3v) is 6.03. The smallest absolute Gasteiger partial charge is 0.254 e. The molecule has 7 nitrogen and oxygen atoms in total. The first-order valence-electron chi connectivity index (χ1n) is 11.2. The van der Waals surface area contributed by atoms with Gasteiger partial charge >= 0.3 is 0 Å². The van der Waals surface area contributed by atoms with Crippen LogP contribution in [-0.2, 0) is 13.1 Å². The Morgan fingerprint density at radius 2 is 1.88 bits per heavy atom. The summed E-state index contributed by atoms with van der Waals surface area (Å²) in [4.78, 5) is 24.3. The van der Waals surface area contributed by atoms with Crippen LogP contribution < -0.4 is 14.8 Å². The lowest BCUT2D eigenvalue weighted by atomic mass is 10.1. The van der Waals surface area contributed by atoms with Crippen LogP contribution in [0, 0.1) is 6.92 Å². The number of methoxy groups -OCH3 is 2. The standard InChI is InChI=1S/C26H30N4O3/c1-18-24(26(31)28-14-20-5-4-6-23(13-20)33-3)15-27-25(29-18)21-11-12-30(17-21)16-19-7-9-22(32-2)10-8-19/h4-10,13,15,21H,11-12,14,16-17H2,1-3H3,(H,28,31). The number of nitrogens with one attached hydrogen (secondary N) is 1. The molecule has 1 aliphatic heterocycles. The monoisotopic (exact) mass is 446 g/mol. The van der Waals surface area contributed by atoms with E-state index in [0.717, 1.165) is 48.9 Å². The summed E-state index contributed by atoms with van der Waals surface area (Å²) in [7, 11) is 3.31. The van der Waals surface area contributed by atoms with Crippen molar-refractivity contribution in [2.45, 2.75) is 32.4 Å². The van der Waals surface area contributed by atoms with E-state index in [-0.39, 0.29) is 11.8 Å². The summed E-state index contributed by atoms with van der Waals surface area (Å²) in [6, 6.07) is 15.8. The lowest BCUT2D eigenvalue weighted by molar-refractivity contribution is 0.0949. The van der Waals surface area contributed by atoms with Gasteiger partial charge in [0.05, 0.1) is 25.5 Å². The number of nitrogens with zero attached hydrogens (tertiary/aromatic N) is 3. The molecule has 172 valence electrons. The highest BCUT2D eigenvalue weighted by atomic mass is 16.5. The first-order chi connectivity index (χ1) is 16.1. The zero-order valence-corrected chi connectivity index (χ0v) is 19.4. The summed E-state index contributed by atoms with van der Waals surface area (Å²) in [6.07, 6.45) is 2.67. The van der Waals surface area contributed by atoms with Crippen molar-refractivity contribution in [2.24, 2.45) is 0 Å². The summed E-state index contributed by atoms with van der Waals surface area (Å²) in [5.74, 6) is 2.55. The summed E-state index contributed by atoms with van der Waals surface area (Å²) >= 11 is 0. The van der Waals surface area contributed by atoms with E-state index in [0.29, 0.717) is 17.8 Å². The molecule has 1 saturated heterocycles. The molecule has 0 aliphatic carbocycles. The zero-order chi connectivity index (χ0) is 23.2. The van der Waals surface area contributed by atoms with Gasteiger partial charge in [0.25, 0.3) is 5.91 Å². The SMILES string of the molecule is COc1ccc(CN2CCC(c3ncc(C(=O)NCc4cccc(OC)c4)c(C)n3)C2)cc1. The van der Waals surface area contributed by atoms with Gasteiger partial charge in [-0.3, -0.25) is 9.69 Å². The van der Waals surface area contributed by atoms with Crippen LogP contribution in [0.2, 0.25) is 0 Å². The Morgan fingerprint density at radius 1 is 1.09 bits per heavy atom. The Hall–Kier alpha value is -3.45. The number of aryl methyl sites for hydroxylation is 1. The Labute approximate surface area is 194 Å². The minimum absolute atomic E-state index is 0.172. The maximum Gasteiger partial charge on any atom is 0.254 e. The summed E-state index contributed by atoms with van der Waals surface area (Å²) in [6.45, 7) is 5.09. The van der Waals surface area contributed by atoms with E-state index < -0.39 is 0 Å². The van der Waals surface area contributed by atoms with Crippen molar-refractivity contribution in [1.82, 2.24) is 20.2 Å². The fraction of sp³-hybridized carbons (Fsp3) is 0.346. The fourth-order valence-electron chi connectivity index (χ4n) is 4.14. The van der Waals surface area contributed by atoms with Crippen LogP contribution in [0.3, 0.4) is 0 Å². The molecule has 3 aromatic rings. The van der Waals surface area contributed by atoms with Crippen molar-refractivity contribution in [3.05, 3.63) is 82.9 Å². The number of carbonyl (C=O) groups excluding carboxylic acids is 1. The number of ether oxygens (including phenoxy) is 2. The molecule has 33 heavy (non-hydrogen) atoms. The Kier molecular flexibility index (Phi) is 7.19. The molecule has 4 rings (SSSR count). The van der Waals surface area contributed by atoms with Crippen molar-refractivity contribution >= 4 is 5.91 Å². The molecule has 1 fully saturated rings. The molecule has 1 aromatic heterocycles. The van der Waals surface area contributed by atoms with Crippen LogP contribution in [0.15, 0.2) is 54.7 Å². The van der Waals surface area contributed by atoms with Gasteiger partial charge in [-0.1, -0.05) is 24.3 Å². The number of rotatable bonds is 8. The fourth-order valence-corrected chi connectivity index (χ4v) is 4.14. The van der Waals surface area contributed by atoms with E-state index in [9.17, 15) is 4.79 Å². The second kappa shape index (κ2) is 10.4. The molecule has 1 aliphatic rings. The predicted molar refractivity (Wildman–Crippen MR) is 127 cm³/mol. The molecule has 1 amide bonds. The van der Waals surface area contributed by atoms with Crippen LogP contribution >= 0.6 is 0 Å². The summed E-state index contributed by atoms with van der Waals surface area (Å²) in [5.41, 5.74) is 3.45. The third kappa shape index (κ3) is 5.68. The van der Waals surface area contributed by atoms with Crippen LogP contribution in [-0.4, -0.2) is 48.1 Å². The number of benzene rings is 2. The minimum atomic E-state index is -0.172. The van der Waals surface area contributed by atoms with Gasteiger partial charge in [0.15, 0.2) is 0 Å². The zero-order valence-electron chi connectivity index (χ0n) is 19.4. The summed E-state index contributed by atoms with van der Waals surface area (Å²) < 4.78 is 10.5. The first-order valence-corrected chi connectivity index (χ1v) is 11.2. The van der Waals surface area contributed by atoms with Crippen LogP contribution in [0.5, 0.6) is 11.5 Å². The topological polar surface area (TPSA) is 76.6 Å². The highest BCUT2D eigenvalue weighted by molar-refractivity contribution is 5.94. The Balaban J connectivity index is 1.34. The van der Waals surface area contributed by atoms with Crippen LogP contribution in [0.25, 0.3) is 0 Å². The third-order valence-electron chi connectivity index (χ3n) is 6.03. The highest BCUT2D eigenvalue weighted by Gasteiger charge is 2.26. The largest absolute Gasteiger partial charge is 0.497 e. The normalized spacial score (nSPS) is 15.9. The van der Waals surface area contributed by atoms with Gasteiger partial charge < -0.3 is 14.8 Å². The molecule has 1 atom stereocenters. The molecular formula is C26H30N4O3. The number of hydrogen-bond acceptors (Lipinski definition) is 6. The molecule has 2 aromatic carbocycles. The number of likely N-dealkylation sites (tertiary alicyclic amines) is 1. The van der Waals surface area contributed by atoms with E-state index in [4.69, 9.17) is 9.47 Å². The van der Waals surface area contributed by atoms with Gasteiger partial charge in [0.2, 0.25) is 0 Å². The molecule has 0 radical (unpaired) electrons. The molecule has 2 heterocycles. The number of aromatic nitrogens is 2. The minimum Gasteiger partial charge on any atom is -0.497 e. The molecule has 0 spiro atoms. The number of amides is 1. The molecule has 0 saturated carbocycles. The average Bonchev–Trinajstić information content (AvgIpc) is 3.31. The highest BCUT2D eigenvalue weighted by Crippen LogP contribution is 2.26. The maximum absolute atomic E-state index is 12.7. The summed E-state index contributed by atoms with van der Waals surface area (Å²) in [5, 5.41) is 2.95. The Bertz CT molecular complexity index is 1100. The maximum atomic E-state index is 12.7. The van der Waals surface area contributed by atoms with Crippen molar-refractivity contribution in [1.29, 1.82) is 0 Å². The Morgan fingerprint density at radius 3 is 2.61 bits per heavy atom. The predicted octanol–water partition coefficient (Wildman–Crippen LogP) is 3.72. The van der Waals surface area contributed by atoms with Crippen LogP contribution in [0.1, 0.15) is 45.3 Å². The quantitative estimate of drug-likeness (QED) is 0.568. The second-order valence-corrected chi connectivity index (χ2v) is 8.33. The van der Waals surface area contributed by atoms with Gasteiger partial charge in [-0.2, -0.15) is 0 Å². The lowest BCUT2D eigenvalue weighted by Gasteiger charge is -2.16. The number of hydrogen-bond donors (Lipinski definition) is 1. The molecular weight excluding hydrogens is 416 g/mol. The molecule has 1 unspecified atom stereocenters. The van der Waals surface area contributed by atoms with E-state index in [1.807, 2.05) is 43.3 Å². The number of carbonyl (C=O) groups is 1. The van der Waals surface area contributed by atoms with Gasteiger partial charge in [-0.05, 0) is 55.3 Å². The molecule has 1 N–H and O–H groups in total. The van der Waals surface area contributed by atoms with E-state index in [1.165, 1.54) is 5.56 Å². The van der Waals surface area contributed by atoms with Gasteiger partial charge in [-0.25, -0.2) is 9.97 Å². The first kappa shape index (κ1) is 22.7. The van der Waals surface area contributed by atoms with E-state index in [2.05, 4.69) is 32.3 Å². The molecule has 0 bridgehead atoms. The van der Waals surface area contributed by atoms with Crippen molar-refractivity contribution < 1.29 is 14.3 Å². The van der Waals surface area contributed by atoms with Crippen LogP contribution in [0.4, 0.5) is 0 Å².